The molecule has 0 saturated heterocycles. The normalized spacial score (nSPS) is 25.1. The minimum Gasteiger partial charge on any atom is -0.304 e. The van der Waals surface area contributed by atoms with E-state index in [0.717, 1.165) is 41.8 Å². The van der Waals surface area contributed by atoms with Crippen LogP contribution < -0.4 is 0 Å². The van der Waals surface area contributed by atoms with E-state index < -0.39 is 0 Å². The lowest BCUT2D eigenvalue weighted by molar-refractivity contribution is 0.254. The van der Waals surface area contributed by atoms with Crippen molar-refractivity contribution >= 4 is 12.2 Å². The molecule has 1 heterocycles. The number of aromatic nitrogens is 3. The van der Waals surface area contributed by atoms with Crippen LogP contribution in [0.1, 0.15) is 51.8 Å². The van der Waals surface area contributed by atoms with E-state index in [-0.39, 0.29) is 0 Å². The summed E-state index contributed by atoms with van der Waals surface area (Å²) >= 11 is 5.33. The van der Waals surface area contributed by atoms with E-state index in [2.05, 4.69) is 28.6 Å². The summed E-state index contributed by atoms with van der Waals surface area (Å²) in [4.78, 5) is 0. The number of rotatable bonds is 4. The van der Waals surface area contributed by atoms with Gasteiger partial charge in [-0.3, -0.25) is 5.10 Å². The van der Waals surface area contributed by atoms with E-state index >= 15 is 0 Å². The summed E-state index contributed by atoms with van der Waals surface area (Å²) in [5.74, 6) is 2.80. The second-order valence-corrected chi connectivity index (χ2v) is 5.83. The van der Waals surface area contributed by atoms with Gasteiger partial charge in [-0.05, 0) is 43.3 Å². The highest BCUT2D eigenvalue weighted by atomic mass is 32.1. The topological polar surface area (TPSA) is 33.6 Å². The Morgan fingerprint density at radius 1 is 1.47 bits per heavy atom. The zero-order valence-electron chi connectivity index (χ0n) is 10.9. The highest BCUT2D eigenvalue weighted by molar-refractivity contribution is 7.71. The van der Waals surface area contributed by atoms with Gasteiger partial charge in [0.15, 0.2) is 4.77 Å². The van der Waals surface area contributed by atoms with E-state index in [1.54, 1.807) is 0 Å². The van der Waals surface area contributed by atoms with Gasteiger partial charge in [-0.1, -0.05) is 26.7 Å². The van der Waals surface area contributed by atoms with Gasteiger partial charge in [0.25, 0.3) is 0 Å². The van der Waals surface area contributed by atoms with Crippen LogP contribution in [0.25, 0.3) is 0 Å². The summed E-state index contributed by atoms with van der Waals surface area (Å²) in [7, 11) is 0. The molecule has 1 fully saturated rings. The van der Waals surface area contributed by atoms with Crippen molar-refractivity contribution in [1.82, 2.24) is 14.8 Å². The Morgan fingerprint density at radius 2 is 2.29 bits per heavy atom. The van der Waals surface area contributed by atoms with Crippen LogP contribution >= 0.6 is 12.2 Å². The SMILES string of the molecule is CCCc1n[nH]c(=S)n1CC1CCCC(C)C1. The molecule has 0 aromatic carbocycles. The average molecular weight is 253 g/mol. The lowest BCUT2D eigenvalue weighted by atomic mass is 9.82. The van der Waals surface area contributed by atoms with Crippen molar-refractivity contribution in [2.24, 2.45) is 11.8 Å². The van der Waals surface area contributed by atoms with Crippen molar-refractivity contribution in [2.75, 3.05) is 0 Å². The molecule has 1 N–H and O–H groups in total. The first-order valence-electron chi connectivity index (χ1n) is 6.84. The molecule has 1 aliphatic carbocycles. The van der Waals surface area contributed by atoms with Crippen molar-refractivity contribution < 1.29 is 0 Å². The smallest absolute Gasteiger partial charge is 0.195 e. The maximum absolute atomic E-state index is 5.33. The molecule has 2 rings (SSSR count). The summed E-state index contributed by atoms with van der Waals surface area (Å²) in [6, 6.07) is 0. The van der Waals surface area contributed by atoms with Crippen LogP contribution in [0.4, 0.5) is 0 Å². The Balaban J connectivity index is 2.06. The van der Waals surface area contributed by atoms with Crippen molar-refractivity contribution in [3.05, 3.63) is 10.6 Å². The van der Waals surface area contributed by atoms with Crippen LogP contribution in [0.15, 0.2) is 0 Å². The Bertz CT molecular complexity index is 407. The number of nitrogens with zero attached hydrogens (tertiary/aromatic N) is 2. The van der Waals surface area contributed by atoms with Gasteiger partial charge in [0.05, 0.1) is 0 Å². The predicted octanol–water partition coefficient (Wildman–Crippen LogP) is 3.72. The number of nitrogens with one attached hydrogen (secondary N) is 1. The summed E-state index contributed by atoms with van der Waals surface area (Å²) < 4.78 is 3.02. The highest BCUT2D eigenvalue weighted by Gasteiger charge is 2.20. The maximum Gasteiger partial charge on any atom is 0.195 e. The quantitative estimate of drug-likeness (QED) is 0.830. The zero-order valence-corrected chi connectivity index (χ0v) is 11.7. The molecule has 2 unspecified atom stereocenters. The lowest BCUT2D eigenvalue weighted by Crippen LogP contribution is -2.19. The van der Waals surface area contributed by atoms with Crippen molar-refractivity contribution in [2.45, 2.75) is 58.9 Å². The molecule has 0 spiro atoms. The molecule has 1 saturated carbocycles. The number of aryl methyl sites for hydroxylation is 1. The number of H-pyrrole nitrogens is 1. The molecule has 2 atom stereocenters. The second-order valence-electron chi connectivity index (χ2n) is 5.44. The lowest BCUT2D eigenvalue weighted by Gasteiger charge is -2.27. The van der Waals surface area contributed by atoms with Crippen LogP contribution in [-0.4, -0.2) is 14.8 Å². The van der Waals surface area contributed by atoms with E-state index in [1.165, 1.54) is 25.7 Å². The highest BCUT2D eigenvalue weighted by Crippen LogP contribution is 2.29. The summed E-state index contributed by atoms with van der Waals surface area (Å²) in [6.07, 6.45) is 7.62. The molecule has 17 heavy (non-hydrogen) atoms. The maximum atomic E-state index is 5.33. The van der Waals surface area contributed by atoms with Crippen LogP contribution in [0.3, 0.4) is 0 Å². The molecule has 3 nitrogen and oxygen atoms in total. The molecule has 1 aliphatic rings. The van der Waals surface area contributed by atoms with Crippen molar-refractivity contribution in [3.8, 4) is 0 Å². The molecular weight excluding hydrogens is 230 g/mol. The Labute approximate surface area is 109 Å². The van der Waals surface area contributed by atoms with Gasteiger partial charge in [0.1, 0.15) is 5.82 Å². The first kappa shape index (κ1) is 12.8. The van der Waals surface area contributed by atoms with E-state index in [0.29, 0.717) is 0 Å². The minimum absolute atomic E-state index is 0.790. The first-order valence-corrected chi connectivity index (χ1v) is 7.25. The zero-order chi connectivity index (χ0) is 12.3. The van der Waals surface area contributed by atoms with Gasteiger partial charge in [-0.2, -0.15) is 5.10 Å². The molecule has 1 aromatic rings. The predicted molar refractivity (Wildman–Crippen MR) is 72.5 cm³/mol. The number of aromatic amines is 1. The Kier molecular flexibility index (Phi) is 4.37. The van der Waals surface area contributed by atoms with Crippen LogP contribution in [0, 0.1) is 16.6 Å². The fourth-order valence-corrected chi connectivity index (χ4v) is 3.16. The van der Waals surface area contributed by atoms with Gasteiger partial charge in [-0.25, -0.2) is 0 Å². The molecule has 0 aliphatic heterocycles. The molecular formula is C13H23N3S. The molecule has 0 amide bonds. The van der Waals surface area contributed by atoms with Gasteiger partial charge in [0, 0.05) is 13.0 Å². The monoisotopic (exact) mass is 253 g/mol. The van der Waals surface area contributed by atoms with Crippen molar-refractivity contribution in [1.29, 1.82) is 0 Å². The first-order chi connectivity index (χ1) is 8.20. The third-order valence-corrected chi connectivity index (χ3v) is 4.11. The van der Waals surface area contributed by atoms with Crippen molar-refractivity contribution in [3.63, 3.8) is 0 Å². The molecule has 1 aromatic heterocycles. The van der Waals surface area contributed by atoms with E-state index in [4.69, 9.17) is 12.2 Å². The molecule has 4 heteroatoms. The minimum atomic E-state index is 0.790. The summed E-state index contributed by atoms with van der Waals surface area (Å²) in [6.45, 7) is 5.62. The third-order valence-electron chi connectivity index (χ3n) is 3.80. The van der Waals surface area contributed by atoms with Gasteiger partial charge in [0.2, 0.25) is 0 Å². The molecule has 0 bridgehead atoms. The summed E-state index contributed by atoms with van der Waals surface area (Å²) in [5.41, 5.74) is 0. The number of hydrogen-bond donors (Lipinski definition) is 1. The fourth-order valence-electron chi connectivity index (χ4n) is 2.94. The fraction of sp³-hybridized carbons (Fsp3) is 0.846. The van der Waals surface area contributed by atoms with Crippen LogP contribution in [0.2, 0.25) is 0 Å². The van der Waals surface area contributed by atoms with Crippen LogP contribution in [-0.2, 0) is 13.0 Å². The second kappa shape index (κ2) is 5.80. The van der Waals surface area contributed by atoms with E-state index in [9.17, 15) is 0 Å². The van der Waals surface area contributed by atoms with E-state index in [1.807, 2.05) is 0 Å². The van der Waals surface area contributed by atoms with Crippen LogP contribution in [0.5, 0.6) is 0 Å². The Hall–Kier alpha value is -0.640. The molecule has 96 valence electrons. The van der Waals surface area contributed by atoms with Gasteiger partial charge < -0.3 is 4.57 Å². The average Bonchev–Trinajstić information content (AvgIpc) is 2.62. The number of hydrogen-bond acceptors (Lipinski definition) is 2. The Morgan fingerprint density at radius 3 is 3.00 bits per heavy atom. The largest absolute Gasteiger partial charge is 0.304 e. The standard InChI is InChI=1S/C13H23N3S/c1-3-5-12-14-15-13(17)16(12)9-11-7-4-6-10(2)8-11/h10-11H,3-9H2,1-2H3,(H,15,17). The molecule has 0 radical (unpaired) electrons. The van der Waals surface area contributed by atoms with Gasteiger partial charge >= 0.3 is 0 Å². The third kappa shape index (κ3) is 3.18. The van der Waals surface area contributed by atoms with Gasteiger partial charge in [-0.15, -0.1) is 0 Å². The summed E-state index contributed by atoms with van der Waals surface area (Å²) in [5, 5.41) is 7.27.